The van der Waals surface area contributed by atoms with E-state index in [0.29, 0.717) is 0 Å². The minimum Gasteiger partial charge on any atom is -0.744 e. The molecule has 0 radical (unpaired) electrons. The summed E-state index contributed by atoms with van der Waals surface area (Å²) in [6.07, 6.45) is 4.61. The van der Waals surface area contributed by atoms with Crippen molar-refractivity contribution < 1.29 is 42.5 Å². The van der Waals surface area contributed by atoms with Crippen molar-refractivity contribution in [2.75, 3.05) is 0 Å². The predicted octanol–water partition coefficient (Wildman–Crippen LogP) is 0.453. The molecule has 0 bridgehead atoms. The summed E-state index contributed by atoms with van der Waals surface area (Å²) in [4.78, 5) is -0.157. The second kappa shape index (κ2) is 7.79. The van der Waals surface area contributed by atoms with Crippen molar-refractivity contribution in [2.45, 2.75) is 56.8 Å². The van der Waals surface area contributed by atoms with Crippen molar-refractivity contribution in [3.8, 4) is 0 Å². The van der Waals surface area contributed by atoms with Gasteiger partial charge in [0.2, 0.25) is 0 Å². The maximum Gasteiger partial charge on any atom is 1.00 e. The first-order valence-electron chi connectivity index (χ1n) is 6.34. The van der Waals surface area contributed by atoms with Crippen LogP contribution < -0.4 is 29.6 Å². The van der Waals surface area contributed by atoms with Crippen LogP contribution in [0.5, 0.6) is 0 Å². The third kappa shape index (κ3) is 5.96. The van der Waals surface area contributed by atoms with Gasteiger partial charge in [-0.1, -0.05) is 52.2 Å². The Labute approximate surface area is 138 Å². The van der Waals surface area contributed by atoms with E-state index in [-0.39, 0.29) is 39.9 Å². The van der Waals surface area contributed by atoms with Crippen molar-refractivity contribution in [3.05, 3.63) is 29.8 Å². The van der Waals surface area contributed by atoms with Crippen molar-refractivity contribution in [2.24, 2.45) is 0 Å². The third-order valence-corrected chi connectivity index (χ3v) is 4.18. The predicted molar refractivity (Wildman–Crippen MR) is 71.6 cm³/mol. The van der Waals surface area contributed by atoms with Crippen LogP contribution in [0, 0.1) is 0 Å². The fourth-order valence-corrected chi connectivity index (χ4v) is 2.50. The molecule has 0 unspecified atom stereocenters. The minimum absolute atomic E-state index is 0. The molecule has 5 heteroatoms. The van der Waals surface area contributed by atoms with E-state index in [4.69, 9.17) is 0 Å². The average molecular weight is 292 g/mol. The molecule has 1 aromatic carbocycles. The summed E-state index contributed by atoms with van der Waals surface area (Å²) in [5.74, 6) is 0. The van der Waals surface area contributed by atoms with E-state index in [1.807, 2.05) is 0 Å². The molecule has 0 aliphatic carbocycles. The second-order valence-electron chi connectivity index (χ2n) is 5.32. The number of benzene rings is 1. The zero-order chi connectivity index (χ0) is 13.8. The van der Waals surface area contributed by atoms with E-state index in [0.717, 1.165) is 18.4 Å². The van der Waals surface area contributed by atoms with Crippen LogP contribution in [0.3, 0.4) is 0 Å². The molecule has 0 fully saturated rings. The first kappa shape index (κ1) is 19.1. The molecule has 1 rings (SSSR count). The molecule has 102 valence electrons. The summed E-state index contributed by atoms with van der Waals surface area (Å²) in [6, 6.07) is 6.30. The van der Waals surface area contributed by atoms with Crippen molar-refractivity contribution in [3.63, 3.8) is 0 Å². The fourth-order valence-electron chi connectivity index (χ4n) is 2.03. The van der Waals surface area contributed by atoms with Crippen LogP contribution in [-0.2, 0) is 15.5 Å². The number of unbranched alkanes of at least 4 members (excludes halogenated alkanes) is 2. The van der Waals surface area contributed by atoms with Gasteiger partial charge in [-0.05, 0) is 29.5 Å². The standard InChI is InChI=1S/C14H22O3S.Na/c1-4-5-6-11-14(2,3)12-7-9-13(10-8-12)18(15,16)17;/h7-10H,4-6,11H2,1-3H3,(H,15,16,17);/q;+1/p-1. The largest absolute Gasteiger partial charge is 1.00 e. The number of hydrogen-bond acceptors (Lipinski definition) is 3. The van der Waals surface area contributed by atoms with Crippen molar-refractivity contribution in [1.82, 2.24) is 0 Å². The van der Waals surface area contributed by atoms with Crippen molar-refractivity contribution in [1.29, 1.82) is 0 Å². The van der Waals surface area contributed by atoms with Gasteiger partial charge in [0.05, 0.1) is 4.90 Å². The topological polar surface area (TPSA) is 57.2 Å². The molecule has 0 amide bonds. The molecule has 0 aliphatic rings. The van der Waals surface area contributed by atoms with Gasteiger partial charge in [-0.2, -0.15) is 0 Å². The molecule has 0 saturated heterocycles. The van der Waals surface area contributed by atoms with E-state index >= 15 is 0 Å². The van der Waals surface area contributed by atoms with Crippen LogP contribution in [0.2, 0.25) is 0 Å². The zero-order valence-corrected chi connectivity index (χ0v) is 15.1. The summed E-state index contributed by atoms with van der Waals surface area (Å²) < 4.78 is 32.5. The summed E-state index contributed by atoms with van der Waals surface area (Å²) in [5, 5.41) is 0. The zero-order valence-electron chi connectivity index (χ0n) is 12.3. The van der Waals surface area contributed by atoms with Gasteiger partial charge in [0.15, 0.2) is 0 Å². The number of rotatable bonds is 6. The van der Waals surface area contributed by atoms with Gasteiger partial charge < -0.3 is 4.55 Å². The maximum atomic E-state index is 10.8. The average Bonchev–Trinajstić information content (AvgIpc) is 2.28. The van der Waals surface area contributed by atoms with Gasteiger partial charge in [-0.15, -0.1) is 0 Å². The smallest absolute Gasteiger partial charge is 0.744 e. The summed E-state index contributed by atoms with van der Waals surface area (Å²) in [5.41, 5.74) is 1.09. The van der Waals surface area contributed by atoms with Crippen LogP contribution >= 0.6 is 0 Å². The van der Waals surface area contributed by atoms with Gasteiger partial charge in [-0.25, -0.2) is 8.42 Å². The Morgan fingerprint density at radius 2 is 1.63 bits per heavy atom. The molecule has 1 aromatic rings. The van der Waals surface area contributed by atoms with Crippen LogP contribution in [0.15, 0.2) is 29.2 Å². The summed E-state index contributed by atoms with van der Waals surface area (Å²) >= 11 is 0. The molecule has 0 heterocycles. The Hall–Kier alpha value is 0.130. The fraction of sp³-hybridized carbons (Fsp3) is 0.571. The first-order valence-corrected chi connectivity index (χ1v) is 7.74. The van der Waals surface area contributed by atoms with E-state index in [9.17, 15) is 13.0 Å². The van der Waals surface area contributed by atoms with Crippen LogP contribution in [0.25, 0.3) is 0 Å². The van der Waals surface area contributed by atoms with Crippen LogP contribution in [-0.4, -0.2) is 13.0 Å². The summed E-state index contributed by atoms with van der Waals surface area (Å²) in [7, 11) is -4.34. The van der Waals surface area contributed by atoms with Crippen LogP contribution in [0.1, 0.15) is 52.0 Å². The molecule has 0 spiro atoms. The molecule has 0 saturated carbocycles. The SMILES string of the molecule is CCCCCC(C)(C)c1ccc(S(=O)(=O)[O-])cc1.[Na+]. The number of hydrogen-bond donors (Lipinski definition) is 0. The summed E-state index contributed by atoms with van der Waals surface area (Å²) in [6.45, 7) is 6.45. The molecular weight excluding hydrogens is 271 g/mol. The van der Waals surface area contributed by atoms with Crippen molar-refractivity contribution >= 4 is 10.1 Å². The normalized spacial score (nSPS) is 12.0. The Morgan fingerprint density at radius 1 is 1.11 bits per heavy atom. The van der Waals surface area contributed by atoms with Gasteiger partial charge in [0, 0.05) is 0 Å². The Balaban J connectivity index is 0.00000324. The van der Waals surface area contributed by atoms with E-state index < -0.39 is 10.1 Å². The monoisotopic (exact) mass is 292 g/mol. The van der Waals surface area contributed by atoms with Gasteiger partial charge in [0.1, 0.15) is 10.1 Å². The van der Waals surface area contributed by atoms with E-state index in [1.54, 1.807) is 12.1 Å². The van der Waals surface area contributed by atoms with Gasteiger partial charge in [-0.3, -0.25) is 0 Å². The Kier molecular flexibility index (Phi) is 7.85. The molecule has 19 heavy (non-hydrogen) atoms. The molecule has 0 aromatic heterocycles. The Morgan fingerprint density at radius 3 is 2.05 bits per heavy atom. The van der Waals surface area contributed by atoms with Crippen LogP contribution in [0.4, 0.5) is 0 Å². The second-order valence-corrected chi connectivity index (χ2v) is 6.70. The maximum absolute atomic E-state index is 10.8. The third-order valence-electron chi connectivity index (χ3n) is 3.33. The van der Waals surface area contributed by atoms with E-state index in [1.165, 1.54) is 25.0 Å². The minimum atomic E-state index is -4.34. The van der Waals surface area contributed by atoms with E-state index in [2.05, 4.69) is 20.8 Å². The Bertz CT molecular complexity index is 478. The molecule has 0 aliphatic heterocycles. The molecular formula is C14H21NaO3S. The molecule has 0 N–H and O–H groups in total. The molecule has 0 atom stereocenters. The quantitative estimate of drug-likeness (QED) is 0.435. The molecule has 3 nitrogen and oxygen atoms in total. The van der Waals surface area contributed by atoms with Gasteiger partial charge >= 0.3 is 29.6 Å². The first-order chi connectivity index (χ1) is 8.27. The van der Waals surface area contributed by atoms with Gasteiger partial charge in [0.25, 0.3) is 0 Å².